The zero-order valence-corrected chi connectivity index (χ0v) is 11.3. The molecule has 0 saturated carbocycles. The molecule has 0 aliphatic rings. The molecule has 1 aromatic carbocycles. The third-order valence-corrected chi connectivity index (χ3v) is 3.11. The summed E-state index contributed by atoms with van der Waals surface area (Å²) >= 11 is 0. The van der Waals surface area contributed by atoms with Gasteiger partial charge in [0.2, 0.25) is 0 Å². The Morgan fingerprint density at radius 2 is 1.68 bits per heavy atom. The van der Waals surface area contributed by atoms with Crippen LogP contribution in [0.2, 0.25) is 0 Å². The van der Waals surface area contributed by atoms with Gasteiger partial charge in [-0.1, -0.05) is 17.7 Å². The van der Waals surface area contributed by atoms with Crippen molar-refractivity contribution in [2.75, 3.05) is 0 Å². The van der Waals surface area contributed by atoms with Gasteiger partial charge in [-0.3, -0.25) is 0 Å². The van der Waals surface area contributed by atoms with E-state index in [9.17, 15) is 14.7 Å². The number of nitrogens with zero attached hydrogens (tertiary/aromatic N) is 1. The minimum absolute atomic E-state index is 0.116. The van der Waals surface area contributed by atoms with Gasteiger partial charge in [-0.2, -0.15) is 0 Å². The standard InChI is InChI=1S/C14H15NO4/c1-7-5-8(2)10(9(3)6-7)11-12(13(16)17)15(4)19-14(11)18/h5-6H,1-4H3,(H,16,17). The Morgan fingerprint density at radius 1 is 1.16 bits per heavy atom. The van der Waals surface area contributed by atoms with Crippen molar-refractivity contribution in [2.45, 2.75) is 20.8 Å². The SMILES string of the molecule is Cc1cc(C)c(-c2c(C(=O)O)n(C)oc2=O)c(C)c1. The highest BCUT2D eigenvalue weighted by atomic mass is 16.5. The topological polar surface area (TPSA) is 72.4 Å². The summed E-state index contributed by atoms with van der Waals surface area (Å²) in [5.41, 5.74) is 2.78. The number of carboxylic acids is 1. The molecule has 0 unspecified atom stereocenters. The summed E-state index contributed by atoms with van der Waals surface area (Å²) in [5, 5.41) is 9.24. The van der Waals surface area contributed by atoms with Crippen LogP contribution in [0.5, 0.6) is 0 Å². The van der Waals surface area contributed by atoms with Gasteiger partial charge in [0.25, 0.3) is 0 Å². The van der Waals surface area contributed by atoms with Gasteiger partial charge in [-0.05, 0) is 37.5 Å². The van der Waals surface area contributed by atoms with E-state index in [1.54, 1.807) is 0 Å². The van der Waals surface area contributed by atoms with E-state index in [0.29, 0.717) is 5.56 Å². The average Bonchev–Trinajstić information content (AvgIpc) is 2.52. The van der Waals surface area contributed by atoms with Crippen molar-refractivity contribution in [3.8, 4) is 11.1 Å². The van der Waals surface area contributed by atoms with Gasteiger partial charge in [-0.15, -0.1) is 0 Å². The number of benzene rings is 1. The molecule has 0 aliphatic heterocycles. The summed E-state index contributed by atoms with van der Waals surface area (Å²) in [6.45, 7) is 5.66. The van der Waals surface area contributed by atoms with Crippen LogP contribution < -0.4 is 5.63 Å². The number of aromatic nitrogens is 1. The number of rotatable bonds is 2. The van der Waals surface area contributed by atoms with Gasteiger partial charge in [0.15, 0.2) is 5.69 Å². The molecule has 19 heavy (non-hydrogen) atoms. The fourth-order valence-electron chi connectivity index (χ4n) is 2.51. The zero-order chi connectivity index (χ0) is 14.3. The molecule has 0 fully saturated rings. The minimum atomic E-state index is -1.18. The molecule has 0 saturated heterocycles. The second-order valence-corrected chi connectivity index (χ2v) is 4.68. The Labute approximate surface area is 110 Å². The molecule has 5 nitrogen and oxygen atoms in total. The summed E-state index contributed by atoms with van der Waals surface area (Å²) < 4.78 is 5.88. The monoisotopic (exact) mass is 261 g/mol. The first-order chi connectivity index (χ1) is 8.82. The molecule has 0 radical (unpaired) electrons. The summed E-state index contributed by atoms with van der Waals surface area (Å²) in [6.07, 6.45) is 0. The summed E-state index contributed by atoms with van der Waals surface area (Å²) in [6, 6.07) is 3.83. The molecular formula is C14H15NO4. The number of carbonyl (C=O) groups is 1. The van der Waals surface area contributed by atoms with Gasteiger partial charge >= 0.3 is 11.6 Å². The lowest BCUT2D eigenvalue weighted by Crippen LogP contribution is -2.08. The fraction of sp³-hybridized carbons (Fsp3) is 0.286. The third-order valence-electron chi connectivity index (χ3n) is 3.11. The Morgan fingerprint density at radius 3 is 2.16 bits per heavy atom. The predicted octanol–water partition coefficient (Wildman–Crippen LogP) is 2.27. The maximum atomic E-state index is 11.9. The lowest BCUT2D eigenvalue weighted by atomic mass is 9.94. The summed E-state index contributed by atoms with van der Waals surface area (Å²) in [5.74, 6) is -1.18. The number of carboxylic acid groups (broad SMARTS) is 1. The molecule has 5 heteroatoms. The number of aryl methyl sites for hydroxylation is 4. The number of hydrogen-bond acceptors (Lipinski definition) is 3. The molecule has 1 aromatic heterocycles. The molecule has 0 bridgehead atoms. The minimum Gasteiger partial charge on any atom is -0.476 e. The van der Waals surface area contributed by atoms with Crippen LogP contribution >= 0.6 is 0 Å². The van der Waals surface area contributed by atoms with E-state index in [-0.39, 0.29) is 11.3 Å². The van der Waals surface area contributed by atoms with E-state index in [0.717, 1.165) is 21.4 Å². The normalized spacial score (nSPS) is 10.7. The van der Waals surface area contributed by atoms with Crippen molar-refractivity contribution in [3.05, 3.63) is 44.9 Å². The quantitative estimate of drug-likeness (QED) is 0.900. The van der Waals surface area contributed by atoms with Gasteiger partial charge in [0, 0.05) is 7.05 Å². The van der Waals surface area contributed by atoms with E-state index < -0.39 is 11.6 Å². The van der Waals surface area contributed by atoms with Crippen LogP contribution in [0.15, 0.2) is 21.5 Å². The van der Waals surface area contributed by atoms with E-state index in [2.05, 4.69) is 0 Å². The fourth-order valence-corrected chi connectivity index (χ4v) is 2.51. The largest absolute Gasteiger partial charge is 0.476 e. The lowest BCUT2D eigenvalue weighted by molar-refractivity contribution is 0.0673. The summed E-state index contributed by atoms with van der Waals surface area (Å²) in [7, 11) is 1.41. The van der Waals surface area contributed by atoms with Crippen molar-refractivity contribution in [1.82, 2.24) is 4.74 Å². The van der Waals surface area contributed by atoms with Crippen LogP contribution in [-0.4, -0.2) is 15.8 Å². The molecule has 0 atom stereocenters. The third kappa shape index (κ3) is 2.07. The van der Waals surface area contributed by atoms with Crippen molar-refractivity contribution in [1.29, 1.82) is 0 Å². The lowest BCUT2D eigenvalue weighted by Gasteiger charge is -2.09. The highest BCUT2D eigenvalue weighted by molar-refractivity contribution is 5.94. The first-order valence-electron chi connectivity index (χ1n) is 5.84. The van der Waals surface area contributed by atoms with E-state index in [1.807, 2.05) is 32.9 Å². The van der Waals surface area contributed by atoms with Crippen molar-refractivity contribution >= 4 is 5.97 Å². The highest BCUT2D eigenvalue weighted by Crippen LogP contribution is 2.29. The van der Waals surface area contributed by atoms with Crippen LogP contribution in [-0.2, 0) is 7.05 Å². The summed E-state index contributed by atoms with van der Waals surface area (Å²) in [4.78, 5) is 23.2. The molecule has 0 spiro atoms. The second kappa shape index (κ2) is 4.42. The van der Waals surface area contributed by atoms with Crippen LogP contribution in [0.3, 0.4) is 0 Å². The smallest absolute Gasteiger partial charge is 0.366 e. The van der Waals surface area contributed by atoms with E-state index in [4.69, 9.17) is 4.52 Å². The Hall–Kier alpha value is -2.30. The average molecular weight is 261 g/mol. The number of hydrogen-bond donors (Lipinski definition) is 1. The molecule has 100 valence electrons. The molecule has 0 amide bonds. The van der Waals surface area contributed by atoms with Gasteiger partial charge in [0.1, 0.15) is 5.56 Å². The van der Waals surface area contributed by atoms with E-state index in [1.165, 1.54) is 7.05 Å². The van der Waals surface area contributed by atoms with Crippen molar-refractivity contribution in [2.24, 2.45) is 7.05 Å². The van der Waals surface area contributed by atoms with Crippen LogP contribution in [0.4, 0.5) is 0 Å². The molecule has 2 aromatic rings. The Balaban J connectivity index is 2.87. The van der Waals surface area contributed by atoms with E-state index >= 15 is 0 Å². The predicted molar refractivity (Wildman–Crippen MR) is 70.6 cm³/mol. The van der Waals surface area contributed by atoms with Gasteiger partial charge in [0.05, 0.1) is 0 Å². The Kier molecular flexibility index (Phi) is 3.06. The second-order valence-electron chi connectivity index (χ2n) is 4.68. The van der Waals surface area contributed by atoms with Crippen LogP contribution in [0, 0.1) is 20.8 Å². The van der Waals surface area contributed by atoms with Crippen molar-refractivity contribution < 1.29 is 14.4 Å². The first kappa shape index (κ1) is 13.1. The first-order valence-corrected chi connectivity index (χ1v) is 5.84. The van der Waals surface area contributed by atoms with Gasteiger partial charge < -0.3 is 9.63 Å². The molecule has 2 rings (SSSR count). The highest BCUT2D eigenvalue weighted by Gasteiger charge is 2.25. The van der Waals surface area contributed by atoms with Crippen molar-refractivity contribution in [3.63, 3.8) is 0 Å². The maximum Gasteiger partial charge on any atom is 0.366 e. The molecule has 1 N–H and O–H groups in total. The van der Waals surface area contributed by atoms with Crippen LogP contribution in [0.1, 0.15) is 27.2 Å². The molecule has 1 heterocycles. The van der Waals surface area contributed by atoms with Crippen LogP contribution in [0.25, 0.3) is 11.1 Å². The maximum absolute atomic E-state index is 11.9. The molecule has 0 aliphatic carbocycles. The molecular weight excluding hydrogens is 246 g/mol. The number of aromatic carboxylic acids is 1. The zero-order valence-electron chi connectivity index (χ0n) is 11.3. The Bertz CT molecular complexity index is 699. The van der Waals surface area contributed by atoms with Gasteiger partial charge in [-0.25, -0.2) is 14.3 Å².